The first-order valence-corrected chi connectivity index (χ1v) is 9.42. The summed E-state index contributed by atoms with van der Waals surface area (Å²) in [6.45, 7) is 0.907. The molecule has 21 heavy (non-hydrogen) atoms. The van der Waals surface area contributed by atoms with E-state index in [0.29, 0.717) is 5.92 Å². The average Bonchev–Trinajstić information content (AvgIpc) is 2.86. The van der Waals surface area contributed by atoms with Crippen molar-refractivity contribution in [3.8, 4) is 0 Å². The van der Waals surface area contributed by atoms with Crippen molar-refractivity contribution in [2.75, 3.05) is 18.1 Å². The highest BCUT2D eigenvalue weighted by atomic mass is 32.2. The molecule has 1 aliphatic carbocycles. The van der Waals surface area contributed by atoms with Crippen LogP contribution in [0.2, 0.25) is 0 Å². The van der Waals surface area contributed by atoms with E-state index in [4.69, 9.17) is 10.5 Å². The Labute approximate surface area is 131 Å². The summed E-state index contributed by atoms with van der Waals surface area (Å²) in [7, 11) is 0. The molecular formula is C18H25NOS. The highest BCUT2D eigenvalue weighted by Crippen LogP contribution is 2.45. The van der Waals surface area contributed by atoms with Gasteiger partial charge in [-0.2, -0.15) is 11.8 Å². The molecule has 3 heteroatoms. The SMILES string of the molecule is NC1(C2CCOC3(CCSCC3)C2)Cc2ccccc2C1. The van der Waals surface area contributed by atoms with Gasteiger partial charge in [0, 0.05) is 12.1 Å². The number of fused-ring (bicyclic) bond motifs is 1. The van der Waals surface area contributed by atoms with Gasteiger partial charge in [0.05, 0.1) is 5.60 Å². The summed E-state index contributed by atoms with van der Waals surface area (Å²) < 4.78 is 6.25. The summed E-state index contributed by atoms with van der Waals surface area (Å²) in [6.07, 6.45) is 6.86. The third-order valence-corrected chi connectivity index (χ3v) is 6.85. The standard InChI is InChI=1S/C18H25NOS/c19-18(11-14-3-1-2-4-15(14)12-18)16-5-8-20-17(13-16)6-9-21-10-7-17/h1-4,16H,5-13,19H2. The van der Waals surface area contributed by atoms with Gasteiger partial charge in [0.1, 0.15) is 0 Å². The number of thioether (sulfide) groups is 1. The van der Waals surface area contributed by atoms with E-state index >= 15 is 0 Å². The number of hydrogen-bond donors (Lipinski definition) is 1. The van der Waals surface area contributed by atoms with E-state index in [1.54, 1.807) is 0 Å². The Hall–Kier alpha value is -0.510. The number of hydrogen-bond acceptors (Lipinski definition) is 3. The lowest BCUT2D eigenvalue weighted by Gasteiger charge is -2.47. The van der Waals surface area contributed by atoms with Crippen LogP contribution in [0.3, 0.4) is 0 Å². The Morgan fingerprint density at radius 2 is 1.76 bits per heavy atom. The summed E-state index contributed by atoms with van der Waals surface area (Å²) in [5.74, 6) is 3.12. The van der Waals surface area contributed by atoms with Gasteiger partial charge in [-0.1, -0.05) is 24.3 Å². The smallest absolute Gasteiger partial charge is 0.0701 e. The van der Waals surface area contributed by atoms with Gasteiger partial charge in [-0.3, -0.25) is 0 Å². The van der Waals surface area contributed by atoms with Crippen LogP contribution in [-0.4, -0.2) is 29.3 Å². The Kier molecular flexibility index (Phi) is 3.55. The largest absolute Gasteiger partial charge is 0.375 e. The molecule has 114 valence electrons. The molecule has 0 bridgehead atoms. The van der Waals surface area contributed by atoms with E-state index in [9.17, 15) is 0 Å². The molecule has 0 saturated carbocycles. The lowest BCUT2D eigenvalue weighted by Crippen LogP contribution is -2.55. The van der Waals surface area contributed by atoms with Gasteiger partial charge in [0.25, 0.3) is 0 Å². The molecular weight excluding hydrogens is 278 g/mol. The average molecular weight is 303 g/mol. The minimum absolute atomic E-state index is 0.0367. The molecule has 1 spiro atoms. The first-order valence-electron chi connectivity index (χ1n) is 8.27. The van der Waals surface area contributed by atoms with Crippen molar-refractivity contribution in [3.63, 3.8) is 0 Å². The minimum atomic E-state index is -0.0367. The second-order valence-corrected chi connectivity index (χ2v) is 8.41. The lowest BCUT2D eigenvalue weighted by molar-refractivity contribution is -0.113. The Bertz CT molecular complexity index is 493. The first kappa shape index (κ1) is 14.1. The second-order valence-electron chi connectivity index (χ2n) is 7.19. The molecule has 1 aromatic carbocycles. The van der Waals surface area contributed by atoms with Crippen LogP contribution >= 0.6 is 11.8 Å². The summed E-state index contributed by atoms with van der Waals surface area (Å²) in [5.41, 5.74) is 9.97. The normalized spacial score (nSPS) is 30.2. The molecule has 0 aromatic heterocycles. The quantitative estimate of drug-likeness (QED) is 0.865. The van der Waals surface area contributed by atoms with Crippen molar-refractivity contribution in [2.24, 2.45) is 11.7 Å². The molecule has 2 nitrogen and oxygen atoms in total. The van der Waals surface area contributed by atoms with Crippen molar-refractivity contribution in [1.29, 1.82) is 0 Å². The van der Waals surface area contributed by atoms with E-state index < -0.39 is 0 Å². The molecule has 3 aliphatic rings. The summed E-state index contributed by atoms with van der Waals surface area (Å²) in [5, 5.41) is 0. The van der Waals surface area contributed by atoms with Crippen LogP contribution in [0, 0.1) is 5.92 Å². The zero-order valence-corrected chi connectivity index (χ0v) is 13.5. The molecule has 2 fully saturated rings. The minimum Gasteiger partial charge on any atom is -0.375 e. The first-order chi connectivity index (χ1) is 10.2. The van der Waals surface area contributed by atoms with Crippen LogP contribution in [0.4, 0.5) is 0 Å². The molecule has 1 unspecified atom stereocenters. The highest BCUT2D eigenvalue weighted by Gasteiger charge is 2.47. The molecule has 4 rings (SSSR count). The fraction of sp³-hybridized carbons (Fsp3) is 0.667. The molecule has 1 atom stereocenters. The second kappa shape index (κ2) is 5.29. The third-order valence-electron chi connectivity index (χ3n) is 5.87. The molecule has 1 aromatic rings. The van der Waals surface area contributed by atoms with E-state index in [1.807, 2.05) is 0 Å². The van der Waals surface area contributed by atoms with Crippen LogP contribution < -0.4 is 5.73 Å². The van der Waals surface area contributed by atoms with Crippen molar-refractivity contribution in [3.05, 3.63) is 35.4 Å². The van der Waals surface area contributed by atoms with Gasteiger partial charge in [0.15, 0.2) is 0 Å². The Morgan fingerprint density at radius 3 is 2.43 bits per heavy atom. The highest BCUT2D eigenvalue weighted by molar-refractivity contribution is 7.99. The molecule has 2 saturated heterocycles. The van der Waals surface area contributed by atoms with Gasteiger partial charge in [-0.15, -0.1) is 0 Å². The number of nitrogens with two attached hydrogens (primary N) is 1. The maximum Gasteiger partial charge on any atom is 0.0701 e. The Balaban J connectivity index is 1.54. The predicted octanol–water partition coefficient (Wildman–Crippen LogP) is 3.18. The van der Waals surface area contributed by atoms with Gasteiger partial charge < -0.3 is 10.5 Å². The number of rotatable bonds is 1. The summed E-state index contributed by atoms with van der Waals surface area (Å²) in [6, 6.07) is 8.81. The lowest BCUT2D eigenvalue weighted by atomic mass is 9.71. The third kappa shape index (κ3) is 2.54. The zero-order chi connectivity index (χ0) is 14.3. The van der Waals surface area contributed by atoms with Crippen molar-refractivity contribution in [1.82, 2.24) is 0 Å². The van der Waals surface area contributed by atoms with Crippen LogP contribution in [0.5, 0.6) is 0 Å². The monoisotopic (exact) mass is 303 g/mol. The Morgan fingerprint density at radius 1 is 1.10 bits per heavy atom. The molecule has 2 aliphatic heterocycles. The molecule has 2 heterocycles. The number of ether oxygens (including phenoxy) is 1. The van der Waals surface area contributed by atoms with E-state index in [1.165, 1.54) is 41.9 Å². The maximum absolute atomic E-state index is 6.91. The zero-order valence-electron chi connectivity index (χ0n) is 12.6. The van der Waals surface area contributed by atoms with Crippen LogP contribution in [0.25, 0.3) is 0 Å². The van der Waals surface area contributed by atoms with Crippen molar-refractivity contribution in [2.45, 2.75) is 49.7 Å². The number of benzene rings is 1. The topological polar surface area (TPSA) is 35.2 Å². The van der Waals surface area contributed by atoms with Gasteiger partial charge >= 0.3 is 0 Å². The van der Waals surface area contributed by atoms with Gasteiger partial charge in [-0.05, 0) is 67.1 Å². The van der Waals surface area contributed by atoms with Gasteiger partial charge in [0.2, 0.25) is 0 Å². The van der Waals surface area contributed by atoms with E-state index in [-0.39, 0.29) is 11.1 Å². The fourth-order valence-electron chi connectivity index (χ4n) is 4.57. The van der Waals surface area contributed by atoms with Crippen LogP contribution in [0.1, 0.15) is 36.8 Å². The van der Waals surface area contributed by atoms with E-state index in [0.717, 1.165) is 25.9 Å². The molecule has 0 amide bonds. The van der Waals surface area contributed by atoms with Crippen LogP contribution in [0.15, 0.2) is 24.3 Å². The molecule has 0 radical (unpaired) electrons. The maximum atomic E-state index is 6.91. The van der Waals surface area contributed by atoms with Crippen molar-refractivity contribution >= 4 is 11.8 Å². The van der Waals surface area contributed by atoms with E-state index in [2.05, 4.69) is 36.0 Å². The van der Waals surface area contributed by atoms with Crippen molar-refractivity contribution < 1.29 is 4.74 Å². The fourth-order valence-corrected chi connectivity index (χ4v) is 5.81. The molecule has 2 N–H and O–H groups in total. The predicted molar refractivity (Wildman–Crippen MR) is 88.7 cm³/mol. The van der Waals surface area contributed by atoms with Crippen LogP contribution in [-0.2, 0) is 17.6 Å². The van der Waals surface area contributed by atoms with Gasteiger partial charge in [-0.25, -0.2) is 0 Å². The summed E-state index contributed by atoms with van der Waals surface area (Å²) >= 11 is 2.07. The summed E-state index contributed by atoms with van der Waals surface area (Å²) in [4.78, 5) is 0.